The van der Waals surface area contributed by atoms with E-state index in [1.54, 1.807) is 12.1 Å². The second kappa shape index (κ2) is 5.33. The van der Waals surface area contributed by atoms with Gasteiger partial charge < -0.3 is 0 Å². The van der Waals surface area contributed by atoms with Crippen LogP contribution in [0.2, 0.25) is 0 Å². The van der Waals surface area contributed by atoms with E-state index < -0.39 is 9.84 Å². The molecular weight excluding hydrogens is 256 g/mol. The fourth-order valence-electron chi connectivity index (χ4n) is 2.58. The smallest absolute Gasteiger partial charge is 0.175 e. The molecule has 0 fully saturated rings. The molecule has 0 heterocycles. The summed E-state index contributed by atoms with van der Waals surface area (Å²) in [6, 6.07) is 7.27. The fraction of sp³-hybridized carbons (Fsp3) is 0.375. The lowest BCUT2D eigenvalue weighted by Gasteiger charge is -2.09. The van der Waals surface area contributed by atoms with E-state index in [1.807, 2.05) is 12.1 Å². The maximum Gasteiger partial charge on any atom is 0.175 e. The van der Waals surface area contributed by atoms with Gasteiger partial charge in [-0.25, -0.2) is 8.42 Å². The number of sulfone groups is 1. The Labute approximate surface area is 115 Å². The van der Waals surface area contributed by atoms with Crippen LogP contribution in [0.1, 0.15) is 38.7 Å². The summed E-state index contributed by atoms with van der Waals surface area (Å²) < 4.78 is 22.9. The van der Waals surface area contributed by atoms with E-state index in [2.05, 4.69) is 19.9 Å². The molecule has 1 aliphatic rings. The van der Waals surface area contributed by atoms with Crippen molar-refractivity contribution in [2.45, 2.75) is 38.0 Å². The molecule has 1 aliphatic carbocycles. The van der Waals surface area contributed by atoms with Crippen molar-refractivity contribution in [2.24, 2.45) is 0 Å². The molecule has 0 atom stereocenters. The van der Waals surface area contributed by atoms with Gasteiger partial charge in [0.15, 0.2) is 9.84 Å². The summed E-state index contributed by atoms with van der Waals surface area (Å²) >= 11 is 0. The molecule has 1 aromatic carbocycles. The number of hydrogen-bond acceptors (Lipinski definition) is 2. The zero-order valence-corrected chi connectivity index (χ0v) is 12.5. The summed E-state index contributed by atoms with van der Waals surface area (Å²) in [7, 11) is -3.11. The molecule has 0 N–H and O–H groups in total. The molecule has 3 heteroatoms. The lowest BCUT2D eigenvalue weighted by atomic mass is 9.98. The number of allylic oxidation sites excluding steroid dienone is 4. The Morgan fingerprint density at radius 1 is 1.16 bits per heavy atom. The van der Waals surface area contributed by atoms with Crippen molar-refractivity contribution in [3.63, 3.8) is 0 Å². The molecule has 2 rings (SSSR count). The Morgan fingerprint density at radius 3 is 2.32 bits per heavy atom. The highest BCUT2D eigenvalue weighted by atomic mass is 32.2. The lowest BCUT2D eigenvalue weighted by Crippen LogP contribution is -1.97. The zero-order valence-electron chi connectivity index (χ0n) is 11.7. The molecule has 0 amide bonds. The van der Waals surface area contributed by atoms with E-state index in [4.69, 9.17) is 0 Å². The van der Waals surface area contributed by atoms with E-state index in [-0.39, 0.29) is 0 Å². The van der Waals surface area contributed by atoms with Crippen molar-refractivity contribution >= 4 is 15.4 Å². The quantitative estimate of drug-likeness (QED) is 0.836. The molecule has 0 aromatic heterocycles. The SMILES string of the molecule is C/C=C(\C)C1=C(c2ccc(S(C)(=O)=O)cc2)CCC1. The van der Waals surface area contributed by atoms with Gasteiger partial charge in [0, 0.05) is 6.26 Å². The Kier molecular flexibility index (Phi) is 3.95. The van der Waals surface area contributed by atoms with Gasteiger partial charge in [-0.15, -0.1) is 0 Å². The van der Waals surface area contributed by atoms with E-state index >= 15 is 0 Å². The van der Waals surface area contributed by atoms with Crippen LogP contribution in [0.15, 0.2) is 46.4 Å². The summed E-state index contributed by atoms with van der Waals surface area (Å²) in [6.07, 6.45) is 6.78. The summed E-state index contributed by atoms with van der Waals surface area (Å²) in [5, 5.41) is 0. The highest BCUT2D eigenvalue weighted by Gasteiger charge is 2.17. The van der Waals surface area contributed by atoms with Gasteiger partial charge in [0.1, 0.15) is 0 Å². The number of rotatable bonds is 3. The summed E-state index contributed by atoms with van der Waals surface area (Å²) in [5.74, 6) is 0. The molecule has 0 bridgehead atoms. The lowest BCUT2D eigenvalue weighted by molar-refractivity contribution is 0.602. The first-order valence-electron chi connectivity index (χ1n) is 6.59. The minimum atomic E-state index is -3.11. The molecule has 2 nitrogen and oxygen atoms in total. The predicted molar refractivity (Wildman–Crippen MR) is 79.8 cm³/mol. The number of benzene rings is 1. The fourth-order valence-corrected chi connectivity index (χ4v) is 3.21. The van der Waals surface area contributed by atoms with Crippen molar-refractivity contribution in [1.82, 2.24) is 0 Å². The van der Waals surface area contributed by atoms with Crippen LogP contribution in [0.3, 0.4) is 0 Å². The van der Waals surface area contributed by atoms with Gasteiger partial charge in [-0.05, 0) is 62.0 Å². The third kappa shape index (κ3) is 2.98. The van der Waals surface area contributed by atoms with Gasteiger partial charge in [-0.3, -0.25) is 0 Å². The topological polar surface area (TPSA) is 34.1 Å². The molecular formula is C16H20O2S. The molecule has 0 saturated heterocycles. The first kappa shape index (κ1) is 14.1. The van der Waals surface area contributed by atoms with Gasteiger partial charge in [0.2, 0.25) is 0 Å². The molecule has 0 spiro atoms. The van der Waals surface area contributed by atoms with E-state index in [9.17, 15) is 8.42 Å². The summed E-state index contributed by atoms with van der Waals surface area (Å²) in [6.45, 7) is 4.20. The second-order valence-corrected chi connectivity index (χ2v) is 7.09. The van der Waals surface area contributed by atoms with Gasteiger partial charge in [0.25, 0.3) is 0 Å². The molecule has 1 aromatic rings. The summed E-state index contributed by atoms with van der Waals surface area (Å²) in [5.41, 5.74) is 5.28. The minimum absolute atomic E-state index is 0.388. The second-order valence-electron chi connectivity index (χ2n) is 5.08. The average Bonchev–Trinajstić information content (AvgIpc) is 2.86. The molecule has 19 heavy (non-hydrogen) atoms. The Hall–Kier alpha value is -1.35. The van der Waals surface area contributed by atoms with Gasteiger partial charge in [-0.1, -0.05) is 23.8 Å². The standard InChI is InChI=1S/C16H20O2S/c1-4-12(2)15-6-5-7-16(15)13-8-10-14(11-9-13)19(3,17)18/h4,8-11H,5-7H2,1-3H3/b12-4+. The van der Waals surface area contributed by atoms with Crippen LogP contribution in [0, 0.1) is 0 Å². The Balaban J connectivity index is 2.43. The van der Waals surface area contributed by atoms with Gasteiger partial charge >= 0.3 is 0 Å². The molecule has 0 saturated carbocycles. The Morgan fingerprint density at radius 2 is 1.79 bits per heavy atom. The zero-order chi connectivity index (χ0) is 14.0. The third-order valence-corrected chi connectivity index (χ3v) is 4.89. The Bertz CT molecular complexity index is 632. The van der Waals surface area contributed by atoms with Gasteiger partial charge in [-0.2, -0.15) is 0 Å². The van der Waals surface area contributed by atoms with Crippen molar-refractivity contribution in [3.05, 3.63) is 47.1 Å². The van der Waals surface area contributed by atoms with Crippen molar-refractivity contribution in [3.8, 4) is 0 Å². The third-order valence-electron chi connectivity index (χ3n) is 3.76. The van der Waals surface area contributed by atoms with Crippen LogP contribution >= 0.6 is 0 Å². The monoisotopic (exact) mass is 276 g/mol. The van der Waals surface area contributed by atoms with Crippen LogP contribution in [-0.4, -0.2) is 14.7 Å². The van der Waals surface area contributed by atoms with Crippen LogP contribution in [0.4, 0.5) is 0 Å². The number of hydrogen-bond donors (Lipinski definition) is 0. The highest BCUT2D eigenvalue weighted by Crippen LogP contribution is 2.37. The summed E-state index contributed by atoms with van der Waals surface area (Å²) in [4.78, 5) is 0.388. The molecule has 0 radical (unpaired) electrons. The van der Waals surface area contributed by atoms with E-state index in [1.165, 1.54) is 29.4 Å². The van der Waals surface area contributed by atoms with Crippen molar-refractivity contribution < 1.29 is 8.42 Å². The van der Waals surface area contributed by atoms with E-state index in [0.29, 0.717) is 4.90 Å². The maximum absolute atomic E-state index is 11.5. The molecule has 0 aliphatic heterocycles. The first-order chi connectivity index (χ1) is 8.93. The normalized spacial score (nSPS) is 17.1. The van der Waals surface area contributed by atoms with Crippen LogP contribution < -0.4 is 0 Å². The highest BCUT2D eigenvalue weighted by molar-refractivity contribution is 7.90. The van der Waals surface area contributed by atoms with Crippen molar-refractivity contribution in [1.29, 1.82) is 0 Å². The van der Waals surface area contributed by atoms with Gasteiger partial charge in [0.05, 0.1) is 4.90 Å². The van der Waals surface area contributed by atoms with E-state index in [0.717, 1.165) is 18.4 Å². The average molecular weight is 276 g/mol. The maximum atomic E-state index is 11.5. The van der Waals surface area contributed by atoms with Crippen LogP contribution in [-0.2, 0) is 9.84 Å². The molecule has 0 unspecified atom stereocenters. The van der Waals surface area contributed by atoms with Crippen molar-refractivity contribution in [2.75, 3.05) is 6.26 Å². The molecule has 102 valence electrons. The predicted octanol–water partition coefficient (Wildman–Crippen LogP) is 3.99. The van der Waals surface area contributed by atoms with Crippen LogP contribution in [0.25, 0.3) is 5.57 Å². The minimum Gasteiger partial charge on any atom is -0.224 e. The van der Waals surface area contributed by atoms with Crippen LogP contribution in [0.5, 0.6) is 0 Å². The largest absolute Gasteiger partial charge is 0.224 e. The first-order valence-corrected chi connectivity index (χ1v) is 8.48.